The molecule has 0 bridgehead atoms. The van der Waals surface area contributed by atoms with E-state index in [1.807, 2.05) is 0 Å². The normalized spacial score (nSPS) is 10.5. The molecule has 0 aliphatic carbocycles. The maximum absolute atomic E-state index is 11.5. The molecule has 0 saturated heterocycles. The average molecular weight is 246 g/mol. The summed E-state index contributed by atoms with van der Waals surface area (Å²) in [5.41, 5.74) is 0. The van der Waals surface area contributed by atoms with E-state index in [4.69, 9.17) is 29.5 Å². The van der Waals surface area contributed by atoms with Crippen LogP contribution in [0.3, 0.4) is 0 Å². The second kappa shape index (κ2) is 6.89. The minimum absolute atomic E-state index is 0. The maximum Gasteiger partial charge on any atom is 1.00 e. The zero-order chi connectivity index (χ0) is 12.2. The van der Waals surface area contributed by atoms with Crippen molar-refractivity contribution in [3.05, 3.63) is 0 Å². The molecule has 0 unspecified atom stereocenters. The van der Waals surface area contributed by atoms with E-state index in [1.165, 1.54) is 0 Å². The van der Waals surface area contributed by atoms with Crippen LogP contribution < -0.4 is 18.9 Å². The number of carbonyl (C=O) groups is 2. The Labute approximate surface area is 94.4 Å². The second-order valence-corrected chi connectivity index (χ2v) is 2.72. The Bertz CT molecular complexity index is 254. The van der Waals surface area contributed by atoms with Gasteiger partial charge >= 0.3 is 44.5 Å². The fraction of sp³-hybridized carbons (Fsp3) is 0.333. The van der Waals surface area contributed by atoms with Crippen molar-refractivity contribution in [1.29, 1.82) is 0 Å². The van der Waals surface area contributed by atoms with Crippen LogP contribution in [0.5, 0.6) is 0 Å². The molecule has 0 aliphatic rings. The van der Waals surface area contributed by atoms with Crippen LogP contribution in [-0.2, 0) is 14.2 Å². The van der Waals surface area contributed by atoms with Gasteiger partial charge in [-0.25, -0.2) is 14.2 Å². The SMILES string of the molecule is O=C(O)C(F)(F)C(=O)O.O=P(O)(O)O.[H-].[Li+]. The van der Waals surface area contributed by atoms with Gasteiger partial charge in [0.25, 0.3) is 0 Å². The predicted molar refractivity (Wildman–Crippen MR) is 35.6 cm³/mol. The molecule has 0 fully saturated rings. The van der Waals surface area contributed by atoms with Crippen LogP contribution in [0.2, 0.25) is 0 Å². The van der Waals surface area contributed by atoms with E-state index in [1.54, 1.807) is 0 Å². The van der Waals surface area contributed by atoms with Gasteiger partial charge in [0.1, 0.15) is 0 Å². The molecule has 0 atom stereocenters. The van der Waals surface area contributed by atoms with Crippen molar-refractivity contribution >= 4 is 19.8 Å². The molecule has 0 rings (SSSR count). The summed E-state index contributed by atoms with van der Waals surface area (Å²) in [5.74, 6) is -9.98. The molecule has 0 amide bonds. The number of hydrogen-bond acceptors (Lipinski definition) is 3. The molecule has 0 aromatic carbocycles. The molecule has 0 aliphatic heterocycles. The van der Waals surface area contributed by atoms with Gasteiger partial charge in [-0.15, -0.1) is 0 Å². The third kappa shape index (κ3) is 13.5. The first-order valence-electron chi connectivity index (χ1n) is 2.52. The fourth-order valence-corrected chi connectivity index (χ4v) is 0.0915. The van der Waals surface area contributed by atoms with Gasteiger partial charge in [0, 0.05) is 0 Å². The largest absolute Gasteiger partial charge is 1.00 e. The predicted octanol–water partition coefficient (Wildman–Crippen LogP) is -4.02. The van der Waals surface area contributed by atoms with Gasteiger partial charge in [-0.3, -0.25) is 0 Å². The smallest absolute Gasteiger partial charge is 1.00 e. The summed E-state index contributed by atoms with van der Waals surface area (Å²) < 4.78 is 31.8. The van der Waals surface area contributed by atoms with Gasteiger partial charge in [-0.05, 0) is 0 Å². The van der Waals surface area contributed by atoms with Crippen LogP contribution in [0, 0.1) is 0 Å². The van der Waals surface area contributed by atoms with Crippen molar-refractivity contribution in [2.45, 2.75) is 5.92 Å². The number of phosphoric acid groups is 1. The molecular weight excluding hydrogens is 240 g/mol. The summed E-state index contributed by atoms with van der Waals surface area (Å²) in [7, 11) is -4.64. The van der Waals surface area contributed by atoms with Crippen molar-refractivity contribution in [3.8, 4) is 0 Å². The van der Waals surface area contributed by atoms with Crippen molar-refractivity contribution in [1.82, 2.24) is 0 Å². The van der Waals surface area contributed by atoms with Crippen molar-refractivity contribution < 1.29 is 68.1 Å². The van der Waals surface area contributed by atoms with Crippen LogP contribution >= 0.6 is 7.82 Å². The standard InChI is InChI=1S/C3H2F2O4.Li.H3O4P.H/c4-3(5,1(6)7)2(8)9;;1-5(2,3)4;/h(H,6,7)(H,8,9);;(H3,1,2,3,4);/q;+1;;-1. The summed E-state index contributed by atoms with van der Waals surface area (Å²) in [6.07, 6.45) is 0. The molecule has 5 N–H and O–H groups in total. The Balaban J connectivity index is -0.0000000904. The molecule has 86 valence electrons. The quantitative estimate of drug-likeness (QED) is 0.187. The van der Waals surface area contributed by atoms with E-state index >= 15 is 0 Å². The van der Waals surface area contributed by atoms with Gasteiger partial charge in [-0.1, -0.05) is 0 Å². The van der Waals surface area contributed by atoms with Crippen LogP contribution in [0.15, 0.2) is 0 Å². The van der Waals surface area contributed by atoms with E-state index in [0.717, 1.165) is 0 Å². The van der Waals surface area contributed by atoms with E-state index in [-0.39, 0.29) is 20.3 Å². The number of halogens is 2. The first kappa shape index (κ1) is 20.0. The van der Waals surface area contributed by atoms with Crippen LogP contribution in [0.1, 0.15) is 1.43 Å². The van der Waals surface area contributed by atoms with Gasteiger partial charge in [0.2, 0.25) is 0 Å². The minimum atomic E-state index is -4.67. The summed E-state index contributed by atoms with van der Waals surface area (Å²) in [4.78, 5) is 40.2. The Kier molecular flexibility index (Phi) is 9.19. The van der Waals surface area contributed by atoms with Crippen LogP contribution in [0.25, 0.3) is 0 Å². The molecule has 8 nitrogen and oxygen atoms in total. The molecule has 0 heterocycles. The maximum atomic E-state index is 11.5. The summed E-state index contributed by atoms with van der Waals surface area (Å²) in [6.45, 7) is 0. The number of carboxylic acids is 2. The summed E-state index contributed by atoms with van der Waals surface area (Å²) in [5, 5.41) is 15.0. The third-order valence-electron chi connectivity index (χ3n) is 0.537. The second-order valence-electron chi connectivity index (χ2n) is 1.70. The first-order valence-corrected chi connectivity index (χ1v) is 4.08. The first-order chi connectivity index (χ1) is 5.89. The fourth-order valence-electron chi connectivity index (χ4n) is 0.0915. The Morgan fingerprint density at radius 2 is 1.20 bits per heavy atom. The number of aliphatic carboxylic acids is 2. The van der Waals surface area contributed by atoms with Gasteiger partial charge in [0.15, 0.2) is 0 Å². The van der Waals surface area contributed by atoms with Crippen LogP contribution in [-0.4, -0.2) is 42.8 Å². The van der Waals surface area contributed by atoms with E-state index in [2.05, 4.69) is 0 Å². The van der Waals surface area contributed by atoms with Crippen LogP contribution in [0.4, 0.5) is 8.78 Å². The third-order valence-corrected chi connectivity index (χ3v) is 0.537. The molecule has 12 heteroatoms. The summed E-state index contributed by atoms with van der Waals surface area (Å²) >= 11 is 0. The van der Waals surface area contributed by atoms with E-state index in [9.17, 15) is 18.4 Å². The van der Waals surface area contributed by atoms with E-state index < -0.39 is 25.7 Å². The zero-order valence-electron chi connectivity index (χ0n) is 8.16. The summed E-state index contributed by atoms with van der Waals surface area (Å²) in [6, 6.07) is 0. The zero-order valence-corrected chi connectivity index (χ0v) is 8.06. The Morgan fingerprint density at radius 1 is 1.07 bits per heavy atom. The molecule has 0 saturated carbocycles. The minimum Gasteiger partial charge on any atom is -1.00 e. The van der Waals surface area contributed by atoms with Gasteiger partial charge in [-0.2, -0.15) is 8.78 Å². The molecule has 0 aromatic rings. The number of alkyl halides is 2. The molecular formula is C3H6F2LiO8P. The number of rotatable bonds is 2. The van der Waals surface area contributed by atoms with Crippen molar-refractivity contribution in [2.75, 3.05) is 0 Å². The van der Waals surface area contributed by atoms with Crippen molar-refractivity contribution in [3.63, 3.8) is 0 Å². The molecule has 15 heavy (non-hydrogen) atoms. The van der Waals surface area contributed by atoms with E-state index in [0.29, 0.717) is 0 Å². The number of hydrogen-bond donors (Lipinski definition) is 5. The Morgan fingerprint density at radius 3 is 1.20 bits per heavy atom. The Hall–Kier alpha value is -0.493. The van der Waals surface area contributed by atoms with Crippen molar-refractivity contribution in [2.24, 2.45) is 0 Å². The molecule has 0 radical (unpaired) electrons. The van der Waals surface area contributed by atoms with Gasteiger partial charge < -0.3 is 26.3 Å². The monoisotopic (exact) mass is 246 g/mol. The topological polar surface area (TPSA) is 152 Å². The van der Waals surface area contributed by atoms with Gasteiger partial charge in [0.05, 0.1) is 0 Å². The number of carboxylic acid groups (broad SMARTS) is 2. The average Bonchev–Trinajstić information content (AvgIpc) is 1.82. The molecule has 0 spiro atoms. The molecule has 0 aromatic heterocycles.